The second kappa shape index (κ2) is 9.01. The summed E-state index contributed by atoms with van der Waals surface area (Å²) in [7, 11) is 0. The molecule has 1 amide bonds. The molecule has 0 saturated heterocycles. The van der Waals surface area contributed by atoms with Crippen LogP contribution in [-0.2, 0) is 6.54 Å². The van der Waals surface area contributed by atoms with Gasteiger partial charge in [0.05, 0.1) is 29.4 Å². The van der Waals surface area contributed by atoms with Crippen LogP contribution in [0.15, 0.2) is 55.0 Å². The van der Waals surface area contributed by atoms with Gasteiger partial charge in [0.25, 0.3) is 5.91 Å². The van der Waals surface area contributed by atoms with Crippen LogP contribution >= 0.6 is 0 Å². The fourth-order valence-electron chi connectivity index (χ4n) is 3.64. The number of fused-ring (bicyclic) bond motifs is 1. The number of carbonyl (C=O) groups excluding carboxylic acids is 1. The summed E-state index contributed by atoms with van der Waals surface area (Å²) in [6, 6.07) is 12.5. The van der Waals surface area contributed by atoms with Crippen molar-refractivity contribution >= 4 is 22.6 Å². The normalized spacial score (nSPS) is 11.7. The lowest BCUT2D eigenvalue weighted by Crippen LogP contribution is -2.34. The second-order valence-electron chi connectivity index (χ2n) is 7.91. The molecule has 1 atom stereocenters. The monoisotopic (exact) mass is 437 g/mol. The molecule has 0 saturated carbocycles. The third kappa shape index (κ3) is 4.48. The summed E-state index contributed by atoms with van der Waals surface area (Å²) in [6.45, 7) is 5.90. The van der Waals surface area contributed by atoms with Crippen LogP contribution in [0.3, 0.4) is 0 Å². The Morgan fingerprint density at radius 2 is 1.88 bits per heavy atom. The zero-order chi connectivity index (χ0) is 23.5. The molecule has 0 aliphatic rings. The van der Waals surface area contributed by atoms with E-state index in [0.29, 0.717) is 28.5 Å². The molecule has 4 aromatic rings. The Labute approximate surface area is 191 Å². The van der Waals surface area contributed by atoms with Crippen molar-refractivity contribution in [3.63, 3.8) is 0 Å². The number of nitrogen functional groups attached to an aromatic ring is 1. The molecular weight excluding hydrogens is 414 g/mol. The van der Waals surface area contributed by atoms with E-state index in [-0.39, 0.29) is 12.5 Å². The minimum Gasteiger partial charge on any atom is -0.383 e. The van der Waals surface area contributed by atoms with Gasteiger partial charge in [0.15, 0.2) is 0 Å². The maximum absolute atomic E-state index is 13.7. The predicted molar refractivity (Wildman–Crippen MR) is 125 cm³/mol. The van der Waals surface area contributed by atoms with Crippen molar-refractivity contribution in [1.29, 1.82) is 5.26 Å². The largest absolute Gasteiger partial charge is 0.383 e. The van der Waals surface area contributed by atoms with Crippen molar-refractivity contribution in [1.82, 2.24) is 24.8 Å². The fourth-order valence-corrected chi connectivity index (χ4v) is 3.64. The minimum atomic E-state index is -0.405. The third-order valence-corrected chi connectivity index (χ3v) is 5.62. The summed E-state index contributed by atoms with van der Waals surface area (Å²) in [6.07, 6.45) is 4.83. The van der Waals surface area contributed by atoms with Crippen molar-refractivity contribution in [3.05, 3.63) is 88.8 Å². The highest BCUT2D eigenvalue weighted by Gasteiger charge is 2.26. The van der Waals surface area contributed by atoms with Gasteiger partial charge in [-0.3, -0.25) is 9.78 Å². The van der Waals surface area contributed by atoms with Crippen LogP contribution in [0.5, 0.6) is 0 Å². The first-order valence-corrected chi connectivity index (χ1v) is 10.5. The first-order valence-electron chi connectivity index (χ1n) is 10.5. The quantitative estimate of drug-likeness (QED) is 0.502. The molecule has 0 unspecified atom stereocenters. The number of rotatable bonds is 5. The highest BCUT2D eigenvalue weighted by atomic mass is 16.2. The Morgan fingerprint density at radius 1 is 1.12 bits per heavy atom. The summed E-state index contributed by atoms with van der Waals surface area (Å²) in [4.78, 5) is 32.9. The molecule has 8 heteroatoms. The molecule has 2 N–H and O–H groups in total. The topological polar surface area (TPSA) is 122 Å². The standard InChI is InChI=1S/C25H23N7O/c1-15-9-18(12-26)13-30-22(15)14-32(17(3)24-28-7-4-8-29-24)25(33)19-5-6-21-20(11-19)10-16(2)23(27)31-21/h4-11,13,17H,14H2,1-3H3,(H2,27,31)/t17-/m1/s1. The number of carbonyl (C=O) groups is 1. The van der Waals surface area contributed by atoms with E-state index < -0.39 is 6.04 Å². The van der Waals surface area contributed by atoms with Crippen LogP contribution < -0.4 is 5.73 Å². The number of benzene rings is 1. The van der Waals surface area contributed by atoms with Gasteiger partial charge in [-0.15, -0.1) is 0 Å². The number of nitrogens with two attached hydrogens (primary N) is 1. The average molecular weight is 438 g/mol. The number of hydrogen-bond acceptors (Lipinski definition) is 7. The Kier molecular flexibility index (Phi) is 5.96. The van der Waals surface area contributed by atoms with E-state index in [1.807, 2.05) is 32.9 Å². The van der Waals surface area contributed by atoms with Gasteiger partial charge in [0.2, 0.25) is 0 Å². The molecule has 0 aliphatic heterocycles. The summed E-state index contributed by atoms with van der Waals surface area (Å²) >= 11 is 0. The fraction of sp³-hybridized carbons (Fsp3) is 0.200. The van der Waals surface area contributed by atoms with Crippen molar-refractivity contribution in [3.8, 4) is 6.07 Å². The van der Waals surface area contributed by atoms with Gasteiger partial charge >= 0.3 is 0 Å². The number of aromatic nitrogens is 4. The highest BCUT2D eigenvalue weighted by molar-refractivity contribution is 5.98. The molecule has 4 rings (SSSR count). The van der Waals surface area contributed by atoms with Crippen LogP contribution in [0, 0.1) is 25.2 Å². The van der Waals surface area contributed by atoms with Crippen molar-refractivity contribution < 1.29 is 4.79 Å². The number of anilines is 1. The number of pyridine rings is 2. The lowest BCUT2D eigenvalue weighted by molar-refractivity contribution is 0.0663. The lowest BCUT2D eigenvalue weighted by Gasteiger charge is -2.29. The van der Waals surface area contributed by atoms with E-state index in [0.717, 1.165) is 22.0 Å². The van der Waals surface area contributed by atoms with Crippen molar-refractivity contribution in [2.45, 2.75) is 33.4 Å². The average Bonchev–Trinajstić information content (AvgIpc) is 2.83. The predicted octanol–water partition coefficient (Wildman–Crippen LogP) is 3.89. The van der Waals surface area contributed by atoms with Gasteiger partial charge in [0.1, 0.15) is 17.7 Å². The molecule has 33 heavy (non-hydrogen) atoms. The summed E-state index contributed by atoms with van der Waals surface area (Å²) in [5.41, 5.74) is 10.0. The smallest absolute Gasteiger partial charge is 0.254 e. The highest BCUT2D eigenvalue weighted by Crippen LogP contribution is 2.25. The van der Waals surface area contributed by atoms with E-state index in [1.54, 1.807) is 41.6 Å². The molecule has 0 fully saturated rings. The number of aryl methyl sites for hydroxylation is 2. The molecule has 3 heterocycles. The van der Waals surface area contributed by atoms with Crippen LogP contribution in [-0.4, -0.2) is 30.7 Å². The molecular formula is C25H23N7O. The molecule has 8 nitrogen and oxygen atoms in total. The first kappa shape index (κ1) is 21.8. The summed E-state index contributed by atoms with van der Waals surface area (Å²) < 4.78 is 0. The molecule has 0 radical (unpaired) electrons. The van der Waals surface area contributed by atoms with Gasteiger partial charge in [-0.2, -0.15) is 5.26 Å². The van der Waals surface area contributed by atoms with Crippen molar-refractivity contribution in [2.75, 3.05) is 5.73 Å². The van der Waals surface area contributed by atoms with Gasteiger partial charge in [-0.25, -0.2) is 15.0 Å². The van der Waals surface area contributed by atoms with E-state index >= 15 is 0 Å². The Morgan fingerprint density at radius 3 is 2.58 bits per heavy atom. The summed E-state index contributed by atoms with van der Waals surface area (Å²) in [5.74, 6) is 0.820. The van der Waals surface area contributed by atoms with Gasteiger partial charge < -0.3 is 10.6 Å². The molecule has 0 spiro atoms. The first-order chi connectivity index (χ1) is 15.9. The SMILES string of the molecule is Cc1cc2cc(C(=O)N(Cc3ncc(C#N)cc3C)[C@H](C)c3ncccn3)ccc2nc1N. The van der Waals surface area contributed by atoms with Crippen LogP contribution in [0.25, 0.3) is 10.9 Å². The number of nitriles is 1. The molecule has 1 aromatic carbocycles. The number of amides is 1. The minimum absolute atomic E-state index is 0.183. The number of nitrogens with zero attached hydrogens (tertiary/aromatic N) is 6. The van der Waals surface area contributed by atoms with Crippen molar-refractivity contribution in [2.24, 2.45) is 0 Å². The van der Waals surface area contributed by atoms with Crippen LogP contribution in [0.4, 0.5) is 5.82 Å². The Bertz CT molecular complexity index is 1380. The van der Waals surface area contributed by atoms with Crippen LogP contribution in [0.2, 0.25) is 0 Å². The van der Waals surface area contributed by atoms with Gasteiger partial charge in [0, 0.05) is 29.5 Å². The third-order valence-electron chi connectivity index (χ3n) is 5.62. The van der Waals surface area contributed by atoms with E-state index in [2.05, 4.69) is 26.0 Å². The second-order valence-corrected chi connectivity index (χ2v) is 7.91. The maximum atomic E-state index is 13.7. The van der Waals surface area contributed by atoms with E-state index in [1.165, 1.54) is 6.20 Å². The molecule has 0 bridgehead atoms. The van der Waals surface area contributed by atoms with E-state index in [4.69, 9.17) is 11.0 Å². The lowest BCUT2D eigenvalue weighted by atomic mass is 10.1. The maximum Gasteiger partial charge on any atom is 0.254 e. The Balaban J connectivity index is 1.75. The van der Waals surface area contributed by atoms with Gasteiger partial charge in [-0.05, 0) is 68.3 Å². The zero-order valence-corrected chi connectivity index (χ0v) is 18.6. The number of hydrogen-bond donors (Lipinski definition) is 1. The summed E-state index contributed by atoms with van der Waals surface area (Å²) in [5, 5.41) is 9.98. The molecule has 164 valence electrons. The molecule has 3 aromatic heterocycles. The zero-order valence-electron chi connectivity index (χ0n) is 18.6. The van der Waals surface area contributed by atoms with Gasteiger partial charge in [-0.1, -0.05) is 0 Å². The van der Waals surface area contributed by atoms with E-state index in [9.17, 15) is 4.79 Å². The van der Waals surface area contributed by atoms with Crippen LogP contribution in [0.1, 0.15) is 51.5 Å². The molecule has 0 aliphatic carbocycles. The Hall–Kier alpha value is -4.38.